The van der Waals surface area contributed by atoms with Gasteiger partial charge in [-0.15, -0.1) is 0 Å². The van der Waals surface area contributed by atoms with Gasteiger partial charge in [0.05, 0.1) is 6.07 Å². The summed E-state index contributed by atoms with van der Waals surface area (Å²) < 4.78 is 11.4. The maximum atomic E-state index is 11.4. The second-order valence-electron chi connectivity index (χ2n) is 3.29. The number of hydrogen-bond donors (Lipinski definition) is 0. The van der Waals surface area contributed by atoms with Gasteiger partial charge >= 0.3 is 0 Å². The molecule has 0 radical (unpaired) electrons. The van der Waals surface area contributed by atoms with Gasteiger partial charge in [0.1, 0.15) is 5.25 Å². The standard InChI is InChI=1S/C9H17NOS/c1-4-9(7-10)12(11)6-5-8(2)3/h8-9H,4-6H2,1-3H3. The van der Waals surface area contributed by atoms with Crippen molar-refractivity contribution < 1.29 is 4.21 Å². The Hall–Kier alpha value is -0.360. The fraction of sp³-hybridized carbons (Fsp3) is 0.889. The average Bonchev–Trinajstić information content (AvgIpc) is 2.03. The molecule has 3 heteroatoms. The van der Waals surface area contributed by atoms with Gasteiger partial charge in [0.15, 0.2) is 0 Å². The van der Waals surface area contributed by atoms with Crippen LogP contribution in [0.4, 0.5) is 0 Å². The zero-order valence-electron chi connectivity index (χ0n) is 8.04. The van der Waals surface area contributed by atoms with Crippen molar-refractivity contribution in [2.75, 3.05) is 5.75 Å². The number of nitrogens with zero attached hydrogens (tertiary/aromatic N) is 1. The molecule has 12 heavy (non-hydrogen) atoms. The molecule has 0 aromatic rings. The van der Waals surface area contributed by atoms with E-state index in [-0.39, 0.29) is 5.25 Å². The first-order chi connectivity index (χ1) is 5.61. The highest BCUT2D eigenvalue weighted by Crippen LogP contribution is 2.06. The van der Waals surface area contributed by atoms with Gasteiger partial charge < -0.3 is 0 Å². The molecule has 0 aromatic heterocycles. The zero-order valence-corrected chi connectivity index (χ0v) is 8.86. The van der Waals surface area contributed by atoms with Crippen LogP contribution < -0.4 is 0 Å². The minimum absolute atomic E-state index is 0.260. The summed E-state index contributed by atoms with van der Waals surface area (Å²) >= 11 is 0. The topological polar surface area (TPSA) is 40.9 Å². The van der Waals surface area contributed by atoms with Crippen LogP contribution >= 0.6 is 0 Å². The lowest BCUT2D eigenvalue weighted by atomic mass is 10.2. The molecular weight excluding hydrogens is 170 g/mol. The summed E-state index contributed by atoms with van der Waals surface area (Å²) in [6.45, 7) is 6.11. The molecule has 0 bridgehead atoms. The second kappa shape index (κ2) is 6.19. The summed E-state index contributed by atoms with van der Waals surface area (Å²) in [7, 11) is -0.940. The highest BCUT2D eigenvalue weighted by atomic mass is 32.2. The Morgan fingerprint density at radius 3 is 2.42 bits per heavy atom. The predicted molar refractivity (Wildman–Crippen MR) is 52.2 cm³/mol. The Morgan fingerprint density at radius 2 is 2.08 bits per heavy atom. The Labute approximate surface area is 77.4 Å². The molecular formula is C9H17NOS. The van der Waals surface area contributed by atoms with Crippen LogP contribution in [0.1, 0.15) is 33.6 Å². The van der Waals surface area contributed by atoms with Crippen LogP contribution in [-0.4, -0.2) is 15.2 Å². The van der Waals surface area contributed by atoms with E-state index in [0.29, 0.717) is 18.1 Å². The lowest BCUT2D eigenvalue weighted by molar-refractivity contribution is 0.617. The Morgan fingerprint density at radius 1 is 1.50 bits per heavy atom. The van der Waals surface area contributed by atoms with Gasteiger partial charge in [-0.25, -0.2) is 0 Å². The Bertz CT molecular complexity index is 183. The third-order valence-corrected chi connectivity index (χ3v) is 3.44. The van der Waals surface area contributed by atoms with Crippen LogP contribution in [0.5, 0.6) is 0 Å². The van der Waals surface area contributed by atoms with E-state index in [4.69, 9.17) is 5.26 Å². The van der Waals surface area contributed by atoms with E-state index in [9.17, 15) is 4.21 Å². The summed E-state index contributed by atoms with van der Waals surface area (Å²) in [6, 6.07) is 2.08. The Kier molecular flexibility index (Phi) is 6.00. The molecule has 0 rings (SSSR count). The summed E-state index contributed by atoms with van der Waals surface area (Å²) in [5, 5.41) is 8.36. The molecule has 0 N–H and O–H groups in total. The molecule has 0 spiro atoms. The molecule has 0 saturated carbocycles. The molecule has 0 fully saturated rings. The highest BCUT2D eigenvalue weighted by Gasteiger charge is 2.13. The fourth-order valence-electron chi connectivity index (χ4n) is 0.830. The third-order valence-electron chi connectivity index (χ3n) is 1.73. The largest absolute Gasteiger partial charge is 0.258 e. The maximum Gasteiger partial charge on any atom is 0.121 e. The van der Waals surface area contributed by atoms with E-state index in [0.717, 1.165) is 6.42 Å². The van der Waals surface area contributed by atoms with Crippen LogP contribution in [0.25, 0.3) is 0 Å². The second-order valence-corrected chi connectivity index (χ2v) is 5.03. The quantitative estimate of drug-likeness (QED) is 0.661. The van der Waals surface area contributed by atoms with E-state index in [1.807, 2.05) is 6.92 Å². The van der Waals surface area contributed by atoms with Crippen molar-refractivity contribution >= 4 is 10.8 Å². The summed E-state index contributed by atoms with van der Waals surface area (Å²) in [4.78, 5) is 0. The van der Waals surface area contributed by atoms with Gasteiger partial charge in [-0.3, -0.25) is 4.21 Å². The van der Waals surface area contributed by atoms with Crippen molar-refractivity contribution in [1.82, 2.24) is 0 Å². The molecule has 0 saturated heterocycles. The minimum Gasteiger partial charge on any atom is -0.258 e. The van der Waals surface area contributed by atoms with Crippen molar-refractivity contribution in [3.05, 3.63) is 0 Å². The van der Waals surface area contributed by atoms with Crippen LogP contribution in [0, 0.1) is 17.2 Å². The van der Waals surface area contributed by atoms with Crippen molar-refractivity contribution in [1.29, 1.82) is 5.26 Å². The molecule has 2 atom stereocenters. The first-order valence-electron chi connectivity index (χ1n) is 4.38. The van der Waals surface area contributed by atoms with Crippen molar-refractivity contribution in [3.63, 3.8) is 0 Å². The van der Waals surface area contributed by atoms with E-state index < -0.39 is 10.8 Å². The van der Waals surface area contributed by atoms with Gasteiger partial charge in [-0.1, -0.05) is 20.8 Å². The van der Waals surface area contributed by atoms with Crippen LogP contribution in [0.15, 0.2) is 0 Å². The SMILES string of the molecule is CCC(C#N)S(=O)CCC(C)C. The molecule has 2 nitrogen and oxygen atoms in total. The van der Waals surface area contributed by atoms with Gasteiger partial charge in [0, 0.05) is 16.6 Å². The normalized spacial score (nSPS) is 15.6. The first kappa shape index (κ1) is 11.6. The average molecular weight is 187 g/mol. The molecule has 0 amide bonds. The van der Waals surface area contributed by atoms with Crippen molar-refractivity contribution in [2.24, 2.45) is 5.92 Å². The zero-order chi connectivity index (χ0) is 9.56. The maximum absolute atomic E-state index is 11.4. The fourth-order valence-corrected chi connectivity index (χ4v) is 2.31. The molecule has 0 aromatic carbocycles. The molecule has 0 heterocycles. The van der Waals surface area contributed by atoms with Crippen LogP contribution in [0.3, 0.4) is 0 Å². The van der Waals surface area contributed by atoms with Crippen LogP contribution in [0.2, 0.25) is 0 Å². The smallest absolute Gasteiger partial charge is 0.121 e. The monoisotopic (exact) mass is 187 g/mol. The minimum atomic E-state index is -0.940. The van der Waals surface area contributed by atoms with Gasteiger partial charge in [-0.05, 0) is 18.8 Å². The van der Waals surface area contributed by atoms with Gasteiger partial charge in [-0.2, -0.15) is 5.26 Å². The number of rotatable bonds is 5. The Balaban J connectivity index is 3.79. The predicted octanol–water partition coefficient (Wildman–Crippen LogP) is 2.08. The summed E-state index contributed by atoms with van der Waals surface area (Å²) in [5.41, 5.74) is 0. The summed E-state index contributed by atoms with van der Waals surface area (Å²) in [5.74, 6) is 1.24. The van der Waals surface area contributed by atoms with Crippen LogP contribution in [-0.2, 0) is 10.8 Å². The molecule has 2 unspecified atom stereocenters. The lowest BCUT2D eigenvalue weighted by Crippen LogP contribution is -2.15. The van der Waals surface area contributed by atoms with E-state index in [1.54, 1.807) is 0 Å². The molecule has 0 aliphatic rings. The van der Waals surface area contributed by atoms with E-state index >= 15 is 0 Å². The number of nitriles is 1. The van der Waals surface area contributed by atoms with Crippen molar-refractivity contribution in [2.45, 2.75) is 38.9 Å². The molecule has 70 valence electrons. The summed E-state index contributed by atoms with van der Waals surface area (Å²) in [6.07, 6.45) is 1.64. The molecule has 0 aliphatic carbocycles. The first-order valence-corrected chi connectivity index (χ1v) is 5.76. The lowest BCUT2D eigenvalue weighted by Gasteiger charge is -2.07. The third kappa shape index (κ3) is 4.50. The van der Waals surface area contributed by atoms with E-state index in [2.05, 4.69) is 19.9 Å². The van der Waals surface area contributed by atoms with Crippen molar-refractivity contribution in [3.8, 4) is 6.07 Å². The highest BCUT2D eigenvalue weighted by molar-refractivity contribution is 7.85. The van der Waals surface area contributed by atoms with E-state index in [1.165, 1.54) is 0 Å². The molecule has 0 aliphatic heterocycles. The number of hydrogen-bond acceptors (Lipinski definition) is 2. The van der Waals surface area contributed by atoms with Gasteiger partial charge in [0.2, 0.25) is 0 Å². The van der Waals surface area contributed by atoms with Gasteiger partial charge in [0.25, 0.3) is 0 Å².